The standard InChI is InChI=1S/C12H25NS/c1-6-12(4)7-8-13(14-5)9-11(12)10(2)3/h10-11H,6-9H2,1-5H3. The van der Waals surface area contributed by atoms with Gasteiger partial charge in [0.15, 0.2) is 0 Å². The fraction of sp³-hybridized carbons (Fsp3) is 1.00. The van der Waals surface area contributed by atoms with Crippen LogP contribution in [0.1, 0.15) is 40.5 Å². The highest BCUT2D eigenvalue weighted by Gasteiger charge is 2.39. The average Bonchev–Trinajstić information content (AvgIpc) is 2.18. The van der Waals surface area contributed by atoms with Crippen molar-refractivity contribution < 1.29 is 0 Å². The first-order chi connectivity index (χ1) is 6.53. The minimum atomic E-state index is 0.584. The second kappa shape index (κ2) is 4.89. The van der Waals surface area contributed by atoms with E-state index in [2.05, 4.69) is 38.3 Å². The van der Waals surface area contributed by atoms with Crippen molar-refractivity contribution >= 4 is 11.9 Å². The van der Waals surface area contributed by atoms with Crippen LogP contribution in [0.3, 0.4) is 0 Å². The van der Waals surface area contributed by atoms with Crippen LogP contribution in [0.2, 0.25) is 0 Å². The molecule has 84 valence electrons. The molecule has 1 aliphatic rings. The van der Waals surface area contributed by atoms with E-state index in [9.17, 15) is 0 Å². The Balaban J connectivity index is 2.70. The van der Waals surface area contributed by atoms with Gasteiger partial charge in [0.1, 0.15) is 0 Å². The Morgan fingerprint density at radius 1 is 1.50 bits per heavy atom. The maximum absolute atomic E-state index is 2.53. The van der Waals surface area contributed by atoms with Gasteiger partial charge in [-0.25, -0.2) is 0 Å². The van der Waals surface area contributed by atoms with Gasteiger partial charge in [0.2, 0.25) is 0 Å². The topological polar surface area (TPSA) is 3.24 Å². The molecule has 1 heterocycles. The molecule has 2 unspecified atom stereocenters. The molecule has 0 bridgehead atoms. The van der Waals surface area contributed by atoms with Gasteiger partial charge in [-0.2, -0.15) is 0 Å². The van der Waals surface area contributed by atoms with Crippen LogP contribution in [0.4, 0.5) is 0 Å². The van der Waals surface area contributed by atoms with Crippen LogP contribution in [-0.2, 0) is 0 Å². The Bertz CT molecular complexity index is 181. The highest BCUT2D eigenvalue weighted by atomic mass is 32.2. The largest absolute Gasteiger partial charge is 0.251 e. The van der Waals surface area contributed by atoms with E-state index >= 15 is 0 Å². The lowest BCUT2D eigenvalue weighted by Crippen LogP contribution is -2.45. The lowest BCUT2D eigenvalue weighted by molar-refractivity contribution is 0.0544. The monoisotopic (exact) mass is 215 g/mol. The molecule has 0 radical (unpaired) electrons. The summed E-state index contributed by atoms with van der Waals surface area (Å²) in [6.45, 7) is 12.1. The fourth-order valence-corrected chi connectivity index (χ4v) is 3.30. The Hall–Kier alpha value is 0.310. The van der Waals surface area contributed by atoms with Gasteiger partial charge in [-0.05, 0) is 29.9 Å². The summed E-state index contributed by atoms with van der Waals surface area (Å²) < 4.78 is 2.53. The summed E-state index contributed by atoms with van der Waals surface area (Å²) in [5.74, 6) is 1.68. The summed E-state index contributed by atoms with van der Waals surface area (Å²) in [6, 6.07) is 0. The van der Waals surface area contributed by atoms with Crippen molar-refractivity contribution in [2.75, 3.05) is 19.3 Å². The second-order valence-corrected chi connectivity index (χ2v) is 6.06. The summed E-state index contributed by atoms with van der Waals surface area (Å²) >= 11 is 1.91. The molecule has 2 atom stereocenters. The summed E-state index contributed by atoms with van der Waals surface area (Å²) in [7, 11) is 0. The zero-order valence-electron chi connectivity index (χ0n) is 10.3. The molecule has 0 spiro atoms. The van der Waals surface area contributed by atoms with Crippen molar-refractivity contribution in [3.8, 4) is 0 Å². The van der Waals surface area contributed by atoms with Crippen molar-refractivity contribution in [3.63, 3.8) is 0 Å². The molecule has 14 heavy (non-hydrogen) atoms. The molecule has 1 saturated heterocycles. The molecule has 0 aromatic rings. The Kier molecular flexibility index (Phi) is 4.32. The van der Waals surface area contributed by atoms with Crippen molar-refractivity contribution in [2.45, 2.75) is 40.5 Å². The first kappa shape index (κ1) is 12.4. The lowest BCUT2D eigenvalue weighted by atomic mass is 9.66. The lowest BCUT2D eigenvalue weighted by Gasteiger charge is -2.47. The van der Waals surface area contributed by atoms with Crippen LogP contribution in [0.15, 0.2) is 0 Å². The molecule has 0 N–H and O–H groups in total. The maximum Gasteiger partial charge on any atom is 0.0125 e. The molecular weight excluding hydrogens is 190 g/mol. The third-order valence-corrected chi connectivity index (χ3v) is 4.95. The minimum absolute atomic E-state index is 0.584. The van der Waals surface area contributed by atoms with E-state index in [1.807, 2.05) is 11.9 Å². The van der Waals surface area contributed by atoms with Crippen LogP contribution in [0.25, 0.3) is 0 Å². The van der Waals surface area contributed by atoms with Crippen LogP contribution in [-0.4, -0.2) is 23.7 Å². The third-order valence-electron chi connectivity index (χ3n) is 4.10. The zero-order valence-corrected chi connectivity index (χ0v) is 11.2. The molecule has 0 saturated carbocycles. The van der Waals surface area contributed by atoms with Gasteiger partial charge in [0.25, 0.3) is 0 Å². The number of piperidine rings is 1. The summed E-state index contributed by atoms with van der Waals surface area (Å²) in [5.41, 5.74) is 0.584. The molecule has 1 rings (SSSR count). The van der Waals surface area contributed by atoms with E-state index < -0.39 is 0 Å². The SMILES string of the molecule is CCC1(C)CCN(SC)CC1C(C)C. The average molecular weight is 215 g/mol. The molecule has 1 fully saturated rings. The molecule has 0 aliphatic carbocycles. The normalized spacial score (nSPS) is 35.1. The summed E-state index contributed by atoms with van der Waals surface area (Å²) in [5, 5.41) is 0. The van der Waals surface area contributed by atoms with Gasteiger partial charge in [-0.3, -0.25) is 4.31 Å². The number of rotatable bonds is 3. The van der Waals surface area contributed by atoms with Crippen LogP contribution >= 0.6 is 11.9 Å². The van der Waals surface area contributed by atoms with Gasteiger partial charge in [-0.1, -0.05) is 46.1 Å². The quantitative estimate of drug-likeness (QED) is 0.661. The van der Waals surface area contributed by atoms with Gasteiger partial charge in [0, 0.05) is 13.1 Å². The minimum Gasteiger partial charge on any atom is -0.251 e. The van der Waals surface area contributed by atoms with E-state index in [4.69, 9.17) is 0 Å². The molecule has 0 amide bonds. The van der Waals surface area contributed by atoms with E-state index in [1.54, 1.807) is 0 Å². The van der Waals surface area contributed by atoms with Crippen LogP contribution < -0.4 is 0 Å². The van der Waals surface area contributed by atoms with E-state index in [0.29, 0.717) is 5.41 Å². The van der Waals surface area contributed by atoms with Crippen molar-refractivity contribution in [1.29, 1.82) is 0 Å². The Morgan fingerprint density at radius 2 is 2.14 bits per heavy atom. The second-order valence-electron chi connectivity index (χ2n) is 5.18. The first-order valence-electron chi connectivity index (χ1n) is 5.82. The van der Waals surface area contributed by atoms with Gasteiger partial charge >= 0.3 is 0 Å². The predicted molar refractivity (Wildman–Crippen MR) is 66.4 cm³/mol. The molecule has 1 nitrogen and oxygen atoms in total. The van der Waals surface area contributed by atoms with Crippen molar-refractivity contribution in [1.82, 2.24) is 4.31 Å². The van der Waals surface area contributed by atoms with E-state index in [0.717, 1.165) is 11.8 Å². The number of hydrogen-bond donors (Lipinski definition) is 0. The van der Waals surface area contributed by atoms with Crippen molar-refractivity contribution in [2.24, 2.45) is 17.3 Å². The molecule has 0 aromatic carbocycles. The van der Waals surface area contributed by atoms with Crippen LogP contribution in [0, 0.1) is 17.3 Å². The molecule has 1 aliphatic heterocycles. The predicted octanol–water partition coefficient (Wildman–Crippen LogP) is 3.66. The first-order valence-corrected chi connectivity index (χ1v) is 7.00. The van der Waals surface area contributed by atoms with Gasteiger partial charge < -0.3 is 0 Å². The third kappa shape index (κ3) is 2.46. The van der Waals surface area contributed by atoms with Gasteiger partial charge in [-0.15, -0.1) is 0 Å². The van der Waals surface area contributed by atoms with E-state index in [-0.39, 0.29) is 0 Å². The van der Waals surface area contributed by atoms with E-state index in [1.165, 1.54) is 25.9 Å². The molecule has 2 heteroatoms. The summed E-state index contributed by atoms with van der Waals surface area (Å²) in [4.78, 5) is 0. The van der Waals surface area contributed by atoms with Crippen molar-refractivity contribution in [3.05, 3.63) is 0 Å². The number of hydrogen-bond acceptors (Lipinski definition) is 2. The highest BCUT2D eigenvalue weighted by Crippen LogP contribution is 2.43. The fourth-order valence-electron chi connectivity index (χ4n) is 2.72. The smallest absolute Gasteiger partial charge is 0.0125 e. The molecular formula is C12H25NS. The Labute approximate surface area is 93.8 Å². The zero-order chi connectivity index (χ0) is 10.8. The summed E-state index contributed by atoms with van der Waals surface area (Å²) in [6.07, 6.45) is 4.90. The maximum atomic E-state index is 2.53. The van der Waals surface area contributed by atoms with Gasteiger partial charge in [0.05, 0.1) is 0 Å². The number of nitrogens with zero attached hydrogens (tertiary/aromatic N) is 1. The highest BCUT2D eigenvalue weighted by molar-refractivity contribution is 7.96. The Morgan fingerprint density at radius 3 is 2.57 bits per heavy atom. The van der Waals surface area contributed by atoms with Crippen LogP contribution in [0.5, 0.6) is 0 Å². The molecule has 0 aromatic heterocycles.